The molecule has 0 aliphatic heterocycles. The SMILES string of the molecule is CN(Cc1ccc(Br)cc1)C(=O)c1cn(CCN)cn1. The molecule has 0 saturated heterocycles. The van der Waals surface area contributed by atoms with Gasteiger partial charge in [-0.1, -0.05) is 28.1 Å². The van der Waals surface area contributed by atoms with Gasteiger partial charge in [0.15, 0.2) is 0 Å². The summed E-state index contributed by atoms with van der Waals surface area (Å²) in [6.07, 6.45) is 3.36. The molecule has 1 amide bonds. The Balaban J connectivity index is 2.02. The molecule has 0 bridgehead atoms. The second-order valence-electron chi connectivity index (χ2n) is 4.57. The van der Waals surface area contributed by atoms with Crippen LogP contribution in [0.1, 0.15) is 16.1 Å². The summed E-state index contributed by atoms with van der Waals surface area (Å²) in [4.78, 5) is 18.0. The molecule has 1 heterocycles. The summed E-state index contributed by atoms with van der Waals surface area (Å²) < 4.78 is 2.84. The van der Waals surface area contributed by atoms with Crippen LogP contribution >= 0.6 is 15.9 Å². The number of nitrogens with zero attached hydrogens (tertiary/aromatic N) is 3. The average Bonchev–Trinajstić information content (AvgIpc) is 2.89. The first-order valence-corrected chi connectivity index (χ1v) is 7.11. The first-order chi connectivity index (χ1) is 9.60. The van der Waals surface area contributed by atoms with Gasteiger partial charge in [0, 0.05) is 37.4 Å². The van der Waals surface area contributed by atoms with Crippen LogP contribution < -0.4 is 5.73 Å². The Morgan fingerprint density at radius 1 is 1.40 bits per heavy atom. The fraction of sp³-hybridized carbons (Fsp3) is 0.286. The molecule has 0 atom stereocenters. The number of amides is 1. The fourth-order valence-corrected chi connectivity index (χ4v) is 2.14. The fourth-order valence-electron chi connectivity index (χ4n) is 1.87. The van der Waals surface area contributed by atoms with E-state index in [2.05, 4.69) is 20.9 Å². The standard InChI is InChI=1S/C14H17BrN4O/c1-18(8-11-2-4-12(15)5-3-11)14(20)13-9-19(7-6-16)10-17-13/h2-5,9-10H,6-8,16H2,1H3. The predicted octanol–water partition coefficient (Wildman–Crippen LogP) is 1.88. The zero-order valence-corrected chi connectivity index (χ0v) is 12.9. The van der Waals surface area contributed by atoms with Crippen LogP contribution in [0.15, 0.2) is 41.3 Å². The van der Waals surface area contributed by atoms with E-state index in [1.165, 1.54) is 0 Å². The van der Waals surface area contributed by atoms with Gasteiger partial charge in [-0.2, -0.15) is 0 Å². The van der Waals surface area contributed by atoms with Crippen LogP contribution in [0.5, 0.6) is 0 Å². The molecule has 2 N–H and O–H groups in total. The molecule has 0 saturated carbocycles. The molecular weight excluding hydrogens is 320 g/mol. The van der Waals surface area contributed by atoms with Gasteiger partial charge in [0.2, 0.25) is 0 Å². The van der Waals surface area contributed by atoms with Crippen molar-refractivity contribution in [2.45, 2.75) is 13.1 Å². The van der Waals surface area contributed by atoms with Crippen LogP contribution in [0.25, 0.3) is 0 Å². The molecule has 0 fully saturated rings. The van der Waals surface area contributed by atoms with Crippen LogP contribution in [0, 0.1) is 0 Å². The molecule has 106 valence electrons. The van der Waals surface area contributed by atoms with E-state index in [1.807, 2.05) is 28.8 Å². The lowest BCUT2D eigenvalue weighted by Gasteiger charge is -2.16. The first kappa shape index (κ1) is 14.7. The Morgan fingerprint density at radius 3 is 2.75 bits per heavy atom. The third kappa shape index (κ3) is 3.68. The van der Waals surface area contributed by atoms with Crippen molar-refractivity contribution in [2.24, 2.45) is 5.73 Å². The Kier molecular flexibility index (Phi) is 4.92. The quantitative estimate of drug-likeness (QED) is 0.906. The van der Waals surface area contributed by atoms with Gasteiger partial charge in [-0.3, -0.25) is 4.79 Å². The Labute approximate surface area is 126 Å². The maximum atomic E-state index is 12.2. The minimum atomic E-state index is -0.0938. The van der Waals surface area contributed by atoms with Crippen LogP contribution in [0.2, 0.25) is 0 Å². The minimum Gasteiger partial charge on any atom is -0.336 e. The minimum absolute atomic E-state index is 0.0938. The number of rotatable bonds is 5. The van der Waals surface area contributed by atoms with Crippen LogP contribution in [0.3, 0.4) is 0 Å². The Bertz CT molecular complexity index is 579. The van der Waals surface area contributed by atoms with E-state index in [-0.39, 0.29) is 5.91 Å². The highest BCUT2D eigenvalue weighted by molar-refractivity contribution is 9.10. The molecule has 1 aromatic heterocycles. The Morgan fingerprint density at radius 2 is 2.10 bits per heavy atom. The molecule has 0 aliphatic carbocycles. The average molecular weight is 337 g/mol. The number of imidazole rings is 1. The molecule has 0 aliphatic rings. The highest BCUT2D eigenvalue weighted by atomic mass is 79.9. The van der Waals surface area contributed by atoms with Crippen molar-refractivity contribution in [1.29, 1.82) is 0 Å². The van der Waals surface area contributed by atoms with Crippen LogP contribution in [0.4, 0.5) is 0 Å². The maximum Gasteiger partial charge on any atom is 0.274 e. The molecule has 0 radical (unpaired) electrons. The normalized spacial score (nSPS) is 10.6. The molecule has 6 heteroatoms. The van der Waals surface area contributed by atoms with E-state index >= 15 is 0 Å². The van der Waals surface area contributed by atoms with Crippen molar-refractivity contribution in [3.8, 4) is 0 Å². The van der Waals surface area contributed by atoms with E-state index in [0.29, 0.717) is 25.3 Å². The second-order valence-corrected chi connectivity index (χ2v) is 5.49. The number of nitrogens with two attached hydrogens (primary N) is 1. The van der Waals surface area contributed by atoms with Crippen molar-refractivity contribution in [1.82, 2.24) is 14.5 Å². The number of benzene rings is 1. The molecule has 2 aromatic rings. The monoisotopic (exact) mass is 336 g/mol. The molecule has 1 aromatic carbocycles. The largest absolute Gasteiger partial charge is 0.336 e. The van der Waals surface area contributed by atoms with Gasteiger partial charge in [-0.25, -0.2) is 4.98 Å². The van der Waals surface area contributed by atoms with Gasteiger partial charge in [-0.05, 0) is 17.7 Å². The van der Waals surface area contributed by atoms with Crippen LogP contribution in [-0.2, 0) is 13.1 Å². The van der Waals surface area contributed by atoms with Gasteiger partial charge < -0.3 is 15.2 Å². The smallest absolute Gasteiger partial charge is 0.274 e. The van der Waals surface area contributed by atoms with Crippen LogP contribution in [-0.4, -0.2) is 34.0 Å². The zero-order chi connectivity index (χ0) is 14.5. The van der Waals surface area contributed by atoms with Crippen molar-refractivity contribution >= 4 is 21.8 Å². The van der Waals surface area contributed by atoms with Gasteiger partial charge in [0.1, 0.15) is 5.69 Å². The number of carbonyl (C=O) groups is 1. The molecule has 20 heavy (non-hydrogen) atoms. The van der Waals surface area contributed by atoms with E-state index < -0.39 is 0 Å². The summed E-state index contributed by atoms with van der Waals surface area (Å²) in [5.41, 5.74) is 6.99. The number of carbonyl (C=O) groups excluding carboxylic acids is 1. The summed E-state index contributed by atoms with van der Waals surface area (Å²) in [5, 5.41) is 0. The van der Waals surface area contributed by atoms with Gasteiger partial charge in [0.25, 0.3) is 5.91 Å². The second kappa shape index (κ2) is 6.67. The van der Waals surface area contributed by atoms with E-state index in [1.54, 1.807) is 24.5 Å². The van der Waals surface area contributed by atoms with E-state index in [4.69, 9.17) is 5.73 Å². The predicted molar refractivity (Wildman–Crippen MR) is 81.2 cm³/mol. The van der Waals surface area contributed by atoms with Crippen molar-refractivity contribution < 1.29 is 4.79 Å². The third-order valence-corrected chi connectivity index (χ3v) is 3.45. The highest BCUT2D eigenvalue weighted by Crippen LogP contribution is 2.12. The van der Waals surface area contributed by atoms with E-state index in [9.17, 15) is 4.79 Å². The topological polar surface area (TPSA) is 64.2 Å². The number of halogens is 1. The lowest BCUT2D eigenvalue weighted by molar-refractivity contribution is 0.0779. The van der Waals surface area contributed by atoms with Crippen molar-refractivity contribution in [3.05, 3.63) is 52.5 Å². The van der Waals surface area contributed by atoms with Gasteiger partial charge >= 0.3 is 0 Å². The van der Waals surface area contributed by atoms with Gasteiger partial charge in [-0.15, -0.1) is 0 Å². The van der Waals surface area contributed by atoms with Gasteiger partial charge in [0.05, 0.1) is 6.33 Å². The summed E-state index contributed by atoms with van der Waals surface area (Å²) in [6.45, 7) is 1.74. The number of hydrogen-bond acceptors (Lipinski definition) is 3. The lowest BCUT2D eigenvalue weighted by atomic mass is 10.2. The third-order valence-electron chi connectivity index (χ3n) is 2.92. The van der Waals surface area contributed by atoms with E-state index in [0.717, 1.165) is 10.0 Å². The maximum absolute atomic E-state index is 12.2. The van der Waals surface area contributed by atoms with Crippen molar-refractivity contribution in [2.75, 3.05) is 13.6 Å². The summed E-state index contributed by atoms with van der Waals surface area (Å²) in [6, 6.07) is 7.90. The molecule has 0 unspecified atom stereocenters. The molecule has 5 nitrogen and oxygen atoms in total. The van der Waals surface area contributed by atoms with Crippen molar-refractivity contribution in [3.63, 3.8) is 0 Å². The molecular formula is C14H17BrN4O. The molecule has 0 spiro atoms. The number of aromatic nitrogens is 2. The Hall–Kier alpha value is -1.66. The zero-order valence-electron chi connectivity index (χ0n) is 11.3. The summed E-state index contributed by atoms with van der Waals surface area (Å²) in [7, 11) is 1.77. The highest BCUT2D eigenvalue weighted by Gasteiger charge is 2.14. The lowest BCUT2D eigenvalue weighted by Crippen LogP contribution is -2.26. The number of hydrogen-bond donors (Lipinski definition) is 1. The molecule has 2 rings (SSSR count). The summed E-state index contributed by atoms with van der Waals surface area (Å²) >= 11 is 3.39. The summed E-state index contributed by atoms with van der Waals surface area (Å²) in [5.74, 6) is -0.0938. The first-order valence-electron chi connectivity index (χ1n) is 6.32.